The summed E-state index contributed by atoms with van der Waals surface area (Å²) < 4.78 is 12.9. The molecule has 2 aromatic rings. The maximum Gasteiger partial charge on any atom is 0.256 e. The fraction of sp³-hybridized carbons (Fsp3) is 0.353. The predicted octanol–water partition coefficient (Wildman–Crippen LogP) is 3.23. The summed E-state index contributed by atoms with van der Waals surface area (Å²) in [4.78, 5) is 22.6. The minimum Gasteiger partial charge on any atom is -0.339 e. The van der Waals surface area contributed by atoms with Gasteiger partial charge in [0.1, 0.15) is 5.82 Å². The molecule has 1 fully saturated rings. The third-order valence-electron chi connectivity index (χ3n) is 4.07. The average molecular weight is 314 g/mol. The molecule has 1 saturated heterocycles. The number of piperidine rings is 1. The van der Waals surface area contributed by atoms with Crippen LogP contribution in [0.4, 0.5) is 16.0 Å². The van der Waals surface area contributed by atoms with Crippen molar-refractivity contribution in [1.29, 1.82) is 0 Å². The first-order chi connectivity index (χ1) is 11.1. The van der Waals surface area contributed by atoms with Gasteiger partial charge in [0.05, 0.1) is 5.56 Å². The van der Waals surface area contributed by atoms with Gasteiger partial charge in [0.15, 0.2) is 0 Å². The number of carbonyl (C=O) groups is 1. The van der Waals surface area contributed by atoms with Gasteiger partial charge in [0, 0.05) is 31.2 Å². The maximum absolute atomic E-state index is 12.9. The van der Waals surface area contributed by atoms with Crippen molar-refractivity contribution >= 4 is 17.5 Å². The van der Waals surface area contributed by atoms with E-state index in [2.05, 4.69) is 22.2 Å². The van der Waals surface area contributed by atoms with Crippen LogP contribution in [0.3, 0.4) is 0 Å². The fourth-order valence-corrected chi connectivity index (χ4v) is 2.56. The third-order valence-corrected chi connectivity index (χ3v) is 4.07. The standard InChI is InChI=1S/C17H19FN4O/c1-12-6-8-22(9-7-12)16(23)13-10-19-17(20-11-13)21-15-4-2-14(18)3-5-15/h2-5,10-12H,6-9H2,1H3,(H,19,20,21). The number of likely N-dealkylation sites (tertiary alicyclic amines) is 1. The first-order valence-corrected chi connectivity index (χ1v) is 7.76. The number of halogens is 1. The number of hydrogen-bond donors (Lipinski definition) is 1. The number of hydrogen-bond acceptors (Lipinski definition) is 4. The third kappa shape index (κ3) is 3.83. The second-order valence-electron chi connectivity index (χ2n) is 5.90. The van der Waals surface area contributed by atoms with E-state index in [4.69, 9.17) is 0 Å². The molecule has 0 saturated carbocycles. The molecule has 0 spiro atoms. The van der Waals surface area contributed by atoms with E-state index in [1.807, 2.05) is 4.90 Å². The molecule has 23 heavy (non-hydrogen) atoms. The van der Waals surface area contributed by atoms with Crippen molar-refractivity contribution in [3.63, 3.8) is 0 Å². The molecule has 6 heteroatoms. The monoisotopic (exact) mass is 314 g/mol. The Morgan fingerprint density at radius 1 is 1.17 bits per heavy atom. The summed E-state index contributed by atoms with van der Waals surface area (Å²) in [5.41, 5.74) is 1.18. The molecule has 0 bridgehead atoms. The van der Waals surface area contributed by atoms with E-state index in [1.165, 1.54) is 24.5 Å². The van der Waals surface area contributed by atoms with Crippen molar-refractivity contribution in [3.05, 3.63) is 48.0 Å². The molecule has 3 rings (SSSR count). The Morgan fingerprint density at radius 3 is 2.39 bits per heavy atom. The van der Waals surface area contributed by atoms with Gasteiger partial charge in [0.2, 0.25) is 5.95 Å². The van der Waals surface area contributed by atoms with Crippen LogP contribution in [0.5, 0.6) is 0 Å². The number of amides is 1. The molecule has 1 aliphatic rings. The summed E-state index contributed by atoms with van der Waals surface area (Å²) in [6.07, 6.45) is 5.13. The van der Waals surface area contributed by atoms with E-state index in [0.29, 0.717) is 23.1 Å². The van der Waals surface area contributed by atoms with Gasteiger partial charge in [-0.2, -0.15) is 0 Å². The molecule has 0 radical (unpaired) electrons. The Balaban J connectivity index is 1.64. The highest BCUT2D eigenvalue weighted by molar-refractivity contribution is 5.93. The van der Waals surface area contributed by atoms with E-state index >= 15 is 0 Å². The zero-order chi connectivity index (χ0) is 16.2. The highest BCUT2D eigenvalue weighted by Crippen LogP contribution is 2.18. The lowest BCUT2D eigenvalue weighted by atomic mass is 9.99. The van der Waals surface area contributed by atoms with Crippen molar-refractivity contribution in [2.45, 2.75) is 19.8 Å². The first-order valence-electron chi connectivity index (χ1n) is 7.76. The molecule has 0 unspecified atom stereocenters. The Kier molecular flexibility index (Phi) is 4.50. The largest absolute Gasteiger partial charge is 0.339 e. The van der Waals surface area contributed by atoms with E-state index < -0.39 is 0 Å². The van der Waals surface area contributed by atoms with Gasteiger partial charge in [-0.25, -0.2) is 14.4 Å². The highest BCUT2D eigenvalue weighted by atomic mass is 19.1. The lowest BCUT2D eigenvalue weighted by Crippen LogP contribution is -2.38. The topological polar surface area (TPSA) is 58.1 Å². The molecular formula is C17H19FN4O. The maximum atomic E-state index is 12.9. The van der Waals surface area contributed by atoms with Crippen LogP contribution in [0.1, 0.15) is 30.1 Å². The lowest BCUT2D eigenvalue weighted by Gasteiger charge is -2.30. The number of rotatable bonds is 3. The van der Waals surface area contributed by atoms with Crippen LogP contribution in [-0.4, -0.2) is 33.9 Å². The van der Waals surface area contributed by atoms with Crippen molar-refractivity contribution in [3.8, 4) is 0 Å². The van der Waals surface area contributed by atoms with Gasteiger partial charge >= 0.3 is 0 Å². The second-order valence-corrected chi connectivity index (χ2v) is 5.90. The van der Waals surface area contributed by atoms with Crippen LogP contribution in [-0.2, 0) is 0 Å². The summed E-state index contributed by atoms with van der Waals surface area (Å²) in [7, 11) is 0. The first kappa shape index (κ1) is 15.4. The van der Waals surface area contributed by atoms with Gasteiger partial charge in [0.25, 0.3) is 5.91 Å². The smallest absolute Gasteiger partial charge is 0.256 e. The zero-order valence-corrected chi connectivity index (χ0v) is 13.0. The van der Waals surface area contributed by atoms with Crippen molar-refractivity contribution in [2.24, 2.45) is 5.92 Å². The molecule has 1 aromatic carbocycles. The number of aromatic nitrogens is 2. The van der Waals surface area contributed by atoms with Crippen molar-refractivity contribution in [2.75, 3.05) is 18.4 Å². The quantitative estimate of drug-likeness (QED) is 0.945. The molecule has 1 aromatic heterocycles. The number of benzene rings is 1. The van der Waals surface area contributed by atoms with Crippen LogP contribution in [0.2, 0.25) is 0 Å². The number of anilines is 2. The van der Waals surface area contributed by atoms with Gasteiger partial charge in [-0.15, -0.1) is 0 Å². The van der Waals surface area contributed by atoms with Gasteiger partial charge in [-0.3, -0.25) is 4.79 Å². The van der Waals surface area contributed by atoms with Gasteiger partial charge in [-0.1, -0.05) is 6.92 Å². The molecule has 0 atom stereocenters. The highest BCUT2D eigenvalue weighted by Gasteiger charge is 2.21. The molecule has 1 aliphatic heterocycles. The summed E-state index contributed by atoms with van der Waals surface area (Å²) in [6.45, 7) is 3.78. The van der Waals surface area contributed by atoms with Gasteiger partial charge < -0.3 is 10.2 Å². The SMILES string of the molecule is CC1CCN(C(=O)c2cnc(Nc3ccc(F)cc3)nc2)CC1. The molecule has 2 heterocycles. The van der Waals surface area contributed by atoms with E-state index in [-0.39, 0.29) is 11.7 Å². The number of nitrogens with zero attached hydrogens (tertiary/aromatic N) is 3. The van der Waals surface area contributed by atoms with Crippen molar-refractivity contribution < 1.29 is 9.18 Å². The van der Waals surface area contributed by atoms with E-state index in [9.17, 15) is 9.18 Å². The minimum absolute atomic E-state index is 0.0229. The summed E-state index contributed by atoms with van der Waals surface area (Å²) in [5, 5.41) is 2.97. The number of carbonyl (C=O) groups excluding carboxylic acids is 1. The van der Waals surface area contributed by atoms with Crippen LogP contribution in [0.15, 0.2) is 36.7 Å². The minimum atomic E-state index is -0.298. The Morgan fingerprint density at radius 2 is 1.78 bits per heavy atom. The van der Waals surface area contributed by atoms with Crippen molar-refractivity contribution in [1.82, 2.24) is 14.9 Å². The summed E-state index contributed by atoms with van der Waals surface area (Å²) in [6, 6.07) is 5.93. The molecule has 120 valence electrons. The molecular weight excluding hydrogens is 295 g/mol. The number of nitrogens with one attached hydrogen (secondary N) is 1. The Hall–Kier alpha value is -2.50. The Bertz CT molecular complexity index is 664. The molecule has 1 N–H and O–H groups in total. The summed E-state index contributed by atoms with van der Waals surface area (Å²) in [5.74, 6) is 0.733. The predicted molar refractivity (Wildman–Crippen MR) is 86.0 cm³/mol. The molecule has 1 amide bonds. The van der Waals surface area contributed by atoms with Crippen LogP contribution in [0, 0.1) is 11.7 Å². The van der Waals surface area contributed by atoms with Crippen LogP contribution in [0.25, 0.3) is 0 Å². The lowest BCUT2D eigenvalue weighted by molar-refractivity contribution is 0.0696. The molecule has 5 nitrogen and oxygen atoms in total. The van der Waals surface area contributed by atoms with Crippen LogP contribution < -0.4 is 5.32 Å². The molecule has 0 aliphatic carbocycles. The van der Waals surface area contributed by atoms with Gasteiger partial charge in [-0.05, 0) is 43.0 Å². The summed E-state index contributed by atoms with van der Waals surface area (Å²) >= 11 is 0. The average Bonchev–Trinajstić information content (AvgIpc) is 2.58. The second kappa shape index (κ2) is 6.73. The van der Waals surface area contributed by atoms with E-state index in [0.717, 1.165) is 25.9 Å². The zero-order valence-electron chi connectivity index (χ0n) is 13.0. The van der Waals surface area contributed by atoms with E-state index in [1.54, 1.807) is 12.1 Å². The van der Waals surface area contributed by atoms with Crippen LogP contribution >= 0.6 is 0 Å². The Labute approximate surface area is 134 Å². The fourth-order valence-electron chi connectivity index (χ4n) is 2.56. The normalized spacial score (nSPS) is 15.5.